The number of carbonyl (C=O) groups is 3. The van der Waals surface area contributed by atoms with Crippen LogP contribution in [0.5, 0.6) is 0 Å². The van der Waals surface area contributed by atoms with Crippen molar-refractivity contribution in [3.8, 4) is 11.1 Å². The molecule has 2 N–H and O–H groups in total. The molecule has 8 heteroatoms. The molecule has 0 spiro atoms. The van der Waals surface area contributed by atoms with Crippen molar-refractivity contribution in [2.45, 2.75) is 37.3 Å². The lowest BCUT2D eigenvalue weighted by atomic mass is 9.98. The first-order valence-electron chi connectivity index (χ1n) is 11.0. The third-order valence-electron chi connectivity index (χ3n) is 6.63. The normalized spacial score (nSPS) is 20.1. The van der Waals surface area contributed by atoms with Gasteiger partial charge in [0.1, 0.15) is 18.2 Å². The van der Waals surface area contributed by atoms with Gasteiger partial charge in [0.15, 0.2) is 0 Å². The molecule has 1 aliphatic heterocycles. The topological polar surface area (TPSA) is 105 Å². The maximum Gasteiger partial charge on any atom is 0.407 e. The molecular formula is C25H28N2O6. The first-order valence-corrected chi connectivity index (χ1v) is 11.0. The van der Waals surface area contributed by atoms with E-state index >= 15 is 0 Å². The largest absolute Gasteiger partial charge is 0.480 e. The molecule has 1 heterocycles. The number of nitrogens with one attached hydrogen (secondary N) is 1. The van der Waals surface area contributed by atoms with Crippen molar-refractivity contribution in [1.29, 1.82) is 0 Å². The fourth-order valence-electron chi connectivity index (χ4n) is 4.85. The summed E-state index contributed by atoms with van der Waals surface area (Å²) in [6.45, 7) is 1.87. The fourth-order valence-corrected chi connectivity index (χ4v) is 4.85. The van der Waals surface area contributed by atoms with Crippen molar-refractivity contribution in [2.75, 3.05) is 26.9 Å². The van der Waals surface area contributed by atoms with E-state index in [0.717, 1.165) is 22.3 Å². The summed E-state index contributed by atoms with van der Waals surface area (Å²) in [6, 6.07) is 15.0. The number of aliphatic carboxylic acids is 1. The Kier molecular flexibility index (Phi) is 6.37. The molecule has 1 saturated heterocycles. The standard InChI is InChI=1S/C25H28N2O6/c1-25(23(29)30)12-7-13-27(25)22(28)21(15-32-2)26-24(31)33-14-20-18-10-5-3-8-16(18)17-9-4-6-11-19(17)20/h3-6,8-11,20-21H,7,12-15H2,1-2H3,(H,26,31)(H,29,30)/t21-,25-/m0/s1. The smallest absolute Gasteiger partial charge is 0.407 e. The van der Waals surface area contributed by atoms with Crippen LogP contribution >= 0.6 is 0 Å². The second-order valence-corrected chi connectivity index (χ2v) is 8.65. The molecule has 0 bridgehead atoms. The van der Waals surface area contributed by atoms with Crippen LogP contribution in [0.2, 0.25) is 0 Å². The van der Waals surface area contributed by atoms with Gasteiger partial charge in [-0.25, -0.2) is 9.59 Å². The molecule has 0 radical (unpaired) electrons. The van der Waals surface area contributed by atoms with E-state index in [2.05, 4.69) is 17.4 Å². The molecule has 0 saturated carbocycles. The maximum atomic E-state index is 13.1. The van der Waals surface area contributed by atoms with Crippen molar-refractivity contribution in [3.05, 3.63) is 59.7 Å². The summed E-state index contributed by atoms with van der Waals surface area (Å²) in [5.41, 5.74) is 3.12. The Labute approximate surface area is 192 Å². The highest BCUT2D eigenvalue weighted by Gasteiger charge is 2.47. The summed E-state index contributed by atoms with van der Waals surface area (Å²) >= 11 is 0. The quantitative estimate of drug-likeness (QED) is 0.669. The molecule has 8 nitrogen and oxygen atoms in total. The highest BCUT2D eigenvalue weighted by Crippen LogP contribution is 2.44. The number of amides is 2. The third-order valence-corrected chi connectivity index (χ3v) is 6.63. The van der Waals surface area contributed by atoms with Gasteiger partial charge in [0.25, 0.3) is 0 Å². The summed E-state index contributed by atoms with van der Waals surface area (Å²) in [6.07, 6.45) is 0.196. The van der Waals surface area contributed by atoms with Crippen molar-refractivity contribution in [1.82, 2.24) is 10.2 Å². The molecule has 0 aromatic heterocycles. The van der Waals surface area contributed by atoms with Gasteiger partial charge in [0, 0.05) is 19.6 Å². The van der Waals surface area contributed by atoms with Crippen LogP contribution in [-0.2, 0) is 19.1 Å². The maximum absolute atomic E-state index is 13.1. The van der Waals surface area contributed by atoms with Crippen LogP contribution in [0.1, 0.15) is 36.8 Å². The van der Waals surface area contributed by atoms with Crippen LogP contribution in [-0.4, -0.2) is 66.4 Å². The number of likely N-dealkylation sites (tertiary alicyclic amines) is 1. The predicted octanol–water partition coefficient (Wildman–Crippen LogP) is 3.01. The van der Waals surface area contributed by atoms with Gasteiger partial charge in [-0.3, -0.25) is 4.79 Å². The van der Waals surface area contributed by atoms with E-state index in [1.54, 1.807) is 0 Å². The number of methoxy groups -OCH3 is 1. The summed E-state index contributed by atoms with van der Waals surface area (Å²) < 4.78 is 10.7. The molecule has 2 atom stereocenters. The number of nitrogens with zero attached hydrogens (tertiary/aromatic N) is 1. The average Bonchev–Trinajstić information content (AvgIpc) is 3.36. The van der Waals surface area contributed by atoms with Crippen molar-refractivity contribution in [2.24, 2.45) is 0 Å². The predicted molar refractivity (Wildman–Crippen MR) is 121 cm³/mol. The van der Waals surface area contributed by atoms with E-state index in [4.69, 9.17) is 9.47 Å². The molecule has 1 fully saturated rings. The van der Waals surface area contributed by atoms with Gasteiger partial charge in [-0.05, 0) is 42.0 Å². The van der Waals surface area contributed by atoms with E-state index in [9.17, 15) is 19.5 Å². The average molecular weight is 453 g/mol. The molecule has 174 valence electrons. The number of alkyl carbamates (subject to hydrolysis) is 1. The van der Waals surface area contributed by atoms with Gasteiger partial charge < -0.3 is 24.8 Å². The lowest BCUT2D eigenvalue weighted by Gasteiger charge is -2.33. The second kappa shape index (κ2) is 9.23. The summed E-state index contributed by atoms with van der Waals surface area (Å²) in [5.74, 6) is -1.66. The molecular weight excluding hydrogens is 424 g/mol. The zero-order valence-electron chi connectivity index (χ0n) is 18.7. The molecule has 0 unspecified atom stereocenters. The van der Waals surface area contributed by atoms with E-state index < -0.39 is 29.6 Å². The molecule has 2 amide bonds. The van der Waals surface area contributed by atoms with E-state index in [1.165, 1.54) is 18.9 Å². The molecule has 2 aliphatic rings. The fraction of sp³-hybridized carbons (Fsp3) is 0.400. The highest BCUT2D eigenvalue weighted by atomic mass is 16.5. The Morgan fingerprint density at radius 2 is 1.73 bits per heavy atom. The molecule has 2 aromatic rings. The zero-order valence-corrected chi connectivity index (χ0v) is 18.7. The Balaban J connectivity index is 1.44. The first kappa shape index (κ1) is 22.8. The zero-order chi connectivity index (χ0) is 23.6. The number of carbonyl (C=O) groups excluding carboxylic acids is 2. The number of hydrogen-bond donors (Lipinski definition) is 2. The third kappa shape index (κ3) is 4.18. The lowest BCUT2D eigenvalue weighted by molar-refractivity contribution is -0.156. The molecule has 2 aromatic carbocycles. The van der Waals surface area contributed by atoms with Gasteiger partial charge in [0.05, 0.1) is 6.61 Å². The number of fused-ring (bicyclic) bond motifs is 3. The van der Waals surface area contributed by atoms with Crippen LogP contribution in [0.4, 0.5) is 4.79 Å². The van der Waals surface area contributed by atoms with Gasteiger partial charge in [-0.1, -0.05) is 48.5 Å². The number of hydrogen-bond acceptors (Lipinski definition) is 5. The van der Waals surface area contributed by atoms with Crippen LogP contribution in [0, 0.1) is 0 Å². The summed E-state index contributed by atoms with van der Waals surface area (Å²) in [4.78, 5) is 38.8. The highest BCUT2D eigenvalue weighted by molar-refractivity contribution is 5.92. The van der Waals surface area contributed by atoms with E-state index in [0.29, 0.717) is 19.4 Å². The van der Waals surface area contributed by atoms with Gasteiger partial charge in [0.2, 0.25) is 5.91 Å². The Morgan fingerprint density at radius 1 is 1.12 bits per heavy atom. The number of ether oxygens (including phenoxy) is 2. The second-order valence-electron chi connectivity index (χ2n) is 8.65. The van der Waals surface area contributed by atoms with Crippen LogP contribution < -0.4 is 5.32 Å². The Morgan fingerprint density at radius 3 is 2.30 bits per heavy atom. The summed E-state index contributed by atoms with van der Waals surface area (Å²) in [7, 11) is 1.42. The van der Waals surface area contributed by atoms with Crippen molar-refractivity contribution < 1.29 is 29.0 Å². The van der Waals surface area contributed by atoms with Crippen LogP contribution in [0.25, 0.3) is 11.1 Å². The molecule has 1 aliphatic carbocycles. The number of benzene rings is 2. The van der Waals surface area contributed by atoms with Gasteiger partial charge in [-0.15, -0.1) is 0 Å². The number of rotatable bonds is 7. The molecule has 4 rings (SSSR count). The molecule has 33 heavy (non-hydrogen) atoms. The van der Waals surface area contributed by atoms with Crippen LogP contribution in [0.3, 0.4) is 0 Å². The SMILES string of the molecule is COC[C@H](NC(=O)OCC1c2ccccc2-c2ccccc21)C(=O)N1CCC[C@@]1(C)C(=O)O. The minimum Gasteiger partial charge on any atom is -0.480 e. The van der Waals surface area contributed by atoms with Crippen molar-refractivity contribution in [3.63, 3.8) is 0 Å². The minimum atomic E-state index is -1.30. The number of carboxylic acid groups (broad SMARTS) is 1. The van der Waals surface area contributed by atoms with Crippen molar-refractivity contribution >= 4 is 18.0 Å². The summed E-state index contributed by atoms with van der Waals surface area (Å²) in [5, 5.41) is 12.2. The van der Waals surface area contributed by atoms with E-state index in [-0.39, 0.29) is 19.1 Å². The van der Waals surface area contributed by atoms with Gasteiger partial charge in [-0.2, -0.15) is 0 Å². The van der Waals surface area contributed by atoms with E-state index in [1.807, 2.05) is 36.4 Å². The Hall–Kier alpha value is -3.39. The first-order chi connectivity index (χ1) is 15.9. The lowest BCUT2D eigenvalue weighted by Crippen LogP contribution is -2.58. The minimum absolute atomic E-state index is 0.0881. The monoisotopic (exact) mass is 452 g/mol. The number of carboxylic acids is 1. The Bertz CT molecular complexity index is 1020. The van der Waals surface area contributed by atoms with Gasteiger partial charge >= 0.3 is 12.1 Å². The van der Waals surface area contributed by atoms with Crippen LogP contribution in [0.15, 0.2) is 48.5 Å².